The molecular weight excluding hydrogens is 320 g/mol. The SMILES string of the molecule is C=C(C)C(C)=COc1ccccc1.C[SiH](C)[Ti][C]1=CC=CC1. The standard InChI is InChI=1S/C12H14O.C5H5.C2H7Si.Ti/c1-10(2)11(3)9-13-12-7-5-4-6-8-12;1-2-4-5-3-1;1-3-2;/h4-9H,1H2,2-3H3;1-3H,4H2;3H,1-2H3;. The molecule has 2 rings (SSSR count). The van der Waals surface area contributed by atoms with Crippen molar-refractivity contribution in [1.29, 1.82) is 0 Å². The maximum atomic E-state index is 5.41. The number of hydrogen-bond acceptors (Lipinski definition) is 1. The van der Waals surface area contributed by atoms with E-state index >= 15 is 0 Å². The second kappa shape index (κ2) is 10.6. The summed E-state index contributed by atoms with van der Waals surface area (Å²) in [5, 5.41) is 0. The summed E-state index contributed by atoms with van der Waals surface area (Å²) in [7, 11) is 0. The van der Waals surface area contributed by atoms with Gasteiger partial charge in [-0.1, -0.05) is 30.4 Å². The Hall–Kier alpha value is -1.09. The Bertz CT molecular complexity index is 556. The molecule has 1 nitrogen and oxygen atoms in total. The van der Waals surface area contributed by atoms with E-state index in [9.17, 15) is 0 Å². The van der Waals surface area contributed by atoms with Gasteiger partial charge in [0.1, 0.15) is 5.75 Å². The summed E-state index contributed by atoms with van der Waals surface area (Å²) in [6.45, 7) is 12.5. The van der Waals surface area contributed by atoms with Gasteiger partial charge in [0.2, 0.25) is 0 Å². The normalized spacial score (nSPS) is 13.3. The van der Waals surface area contributed by atoms with Gasteiger partial charge in [-0.15, -0.1) is 0 Å². The first-order valence-corrected chi connectivity index (χ1v) is 14.0. The minimum absolute atomic E-state index is 0.207. The maximum absolute atomic E-state index is 5.41. The van der Waals surface area contributed by atoms with Gasteiger partial charge in [0.05, 0.1) is 6.26 Å². The van der Waals surface area contributed by atoms with Crippen molar-refractivity contribution in [1.82, 2.24) is 0 Å². The van der Waals surface area contributed by atoms with Gasteiger partial charge in [0.15, 0.2) is 0 Å². The molecule has 0 aliphatic heterocycles. The van der Waals surface area contributed by atoms with Crippen molar-refractivity contribution < 1.29 is 23.1 Å². The average molecular weight is 346 g/mol. The van der Waals surface area contributed by atoms with E-state index < -0.39 is 0 Å². The van der Waals surface area contributed by atoms with Gasteiger partial charge in [-0.3, -0.25) is 0 Å². The van der Waals surface area contributed by atoms with Crippen molar-refractivity contribution in [2.75, 3.05) is 0 Å². The van der Waals surface area contributed by atoms with Crippen molar-refractivity contribution in [2.45, 2.75) is 33.4 Å². The summed E-state index contributed by atoms with van der Waals surface area (Å²) in [6.07, 6.45) is 9.81. The van der Waals surface area contributed by atoms with E-state index in [0.29, 0.717) is 18.4 Å². The summed E-state index contributed by atoms with van der Waals surface area (Å²) < 4.78 is 7.18. The van der Waals surface area contributed by atoms with Crippen LogP contribution in [0.15, 0.2) is 76.4 Å². The first kappa shape index (κ1) is 19.0. The van der Waals surface area contributed by atoms with Gasteiger partial charge in [-0.25, -0.2) is 0 Å². The molecule has 0 heterocycles. The Morgan fingerprint density at radius 3 is 2.41 bits per heavy atom. The van der Waals surface area contributed by atoms with Crippen LogP contribution in [0, 0.1) is 0 Å². The molecule has 1 aromatic carbocycles. The van der Waals surface area contributed by atoms with E-state index in [2.05, 4.69) is 37.9 Å². The zero-order valence-electron chi connectivity index (χ0n) is 14.1. The van der Waals surface area contributed by atoms with Crippen LogP contribution in [-0.4, -0.2) is 6.66 Å². The van der Waals surface area contributed by atoms with E-state index in [1.54, 1.807) is 10.1 Å². The molecule has 0 atom stereocenters. The van der Waals surface area contributed by atoms with Gasteiger partial charge < -0.3 is 4.74 Å². The first-order chi connectivity index (χ1) is 10.5. The molecule has 0 radical (unpaired) electrons. The summed E-state index contributed by atoms with van der Waals surface area (Å²) >= 11 is 0.375. The topological polar surface area (TPSA) is 9.23 Å². The molecule has 1 aromatic rings. The van der Waals surface area contributed by atoms with Crippen molar-refractivity contribution in [3.8, 4) is 5.75 Å². The van der Waals surface area contributed by atoms with Crippen LogP contribution in [0.25, 0.3) is 0 Å². The molecule has 0 spiro atoms. The molecule has 0 N–H and O–H groups in total. The molecule has 3 heteroatoms. The number of para-hydroxylation sites is 1. The van der Waals surface area contributed by atoms with Crippen molar-refractivity contribution >= 4 is 6.66 Å². The van der Waals surface area contributed by atoms with E-state index in [4.69, 9.17) is 4.74 Å². The third-order valence-electron chi connectivity index (χ3n) is 3.03. The van der Waals surface area contributed by atoms with E-state index in [1.165, 1.54) is 6.42 Å². The van der Waals surface area contributed by atoms with E-state index in [-0.39, 0.29) is 6.66 Å². The number of benzene rings is 1. The predicted molar refractivity (Wildman–Crippen MR) is 96.4 cm³/mol. The molecule has 116 valence electrons. The summed E-state index contributed by atoms with van der Waals surface area (Å²) in [4.78, 5) is 0. The fraction of sp³-hybridized carbons (Fsp3) is 0.263. The zero-order chi connectivity index (χ0) is 16.4. The average Bonchev–Trinajstić information content (AvgIpc) is 2.98. The molecule has 0 bridgehead atoms. The molecule has 0 saturated carbocycles. The molecule has 1 aliphatic carbocycles. The van der Waals surface area contributed by atoms with Crippen LogP contribution in [-0.2, 0) is 18.4 Å². The zero-order valence-corrected chi connectivity index (χ0v) is 16.8. The minimum atomic E-state index is -0.207. The Balaban J connectivity index is 0.000000235. The van der Waals surface area contributed by atoms with Crippen molar-refractivity contribution in [3.63, 3.8) is 0 Å². The van der Waals surface area contributed by atoms with Crippen LogP contribution in [0.2, 0.25) is 13.1 Å². The van der Waals surface area contributed by atoms with Gasteiger partial charge in [0, 0.05) is 0 Å². The molecule has 0 unspecified atom stereocenters. The quantitative estimate of drug-likeness (QED) is 0.392. The number of allylic oxidation sites excluding steroid dienone is 6. The summed E-state index contributed by atoms with van der Waals surface area (Å²) in [5.41, 5.74) is 2.08. The second-order valence-electron chi connectivity index (χ2n) is 5.64. The van der Waals surface area contributed by atoms with Crippen molar-refractivity contribution in [2.24, 2.45) is 0 Å². The molecule has 0 amide bonds. The number of ether oxygens (including phenoxy) is 1. The van der Waals surface area contributed by atoms with Gasteiger partial charge >= 0.3 is 66.7 Å². The van der Waals surface area contributed by atoms with Crippen LogP contribution < -0.4 is 4.74 Å². The van der Waals surface area contributed by atoms with Crippen LogP contribution in [0.1, 0.15) is 20.3 Å². The third kappa shape index (κ3) is 8.38. The summed E-state index contributed by atoms with van der Waals surface area (Å²) in [6, 6.07) is 9.69. The van der Waals surface area contributed by atoms with Crippen molar-refractivity contribution in [3.05, 3.63) is 76.4 Å². The van der Waals surface area contributed by atoms with E-state index in [0.717, 1.165) is 16.9 Å². The molecule has 0 saturated heterocycles. The van der Waals surface area contributed by atoms with Crippen LogP contribution >= 0.6 is 0 Å². The monoisotopic (exact) mass is 346 g/mol. The van der Waals surface area contributed by atoms with Crippen LogP contribution in [0.4, 0.5) is 0 Å². The van der Waals surface area contributed by atoms with Crippen LogP contribution in [0.3, 0.4) is 0 Å². The summed E-state index contributed by atoms with van der Waals surface area (Å²) in [5.74, 6) is 0.850. The Morgan fingerprint density at radius 1 is 1.23 bits per heavy atom. The van der Waals surface area contributed by atoms with Gasteiger partial charge in [0.25, 0.3) is 0 Å². The van der Waals surface area contributed by atoms with E-state index in [1.807, 2.05) is 44.2 Å². The first-order valence-electron chi connectivity index (χ1n) is 7.65. The fourth-order valence-corrected chi connectivity index (χ4v) is 7.45. The third-order valence-corrected chi connectivity index (χ3v) is 9.00. The van der Waals surface area contributed by atoms with Gasteiger partial charge in [-0.05, 0) is 31.6 Å². The Morgan fingerprint density at radius 2 is 1.91 bits per heavy atom. The Labute approximate surface area is 145 Å². The number of hydrogen-bond donors (Lipinski definition) is 0. The second-order valence-corrected chi connectivity index (χ2v) is 16.0. The predicted octanol–water partition coefficient (Wildman–Crippen LogP) is 5.44. The Kier molecular flexibility index (Phi) is 9.14. The molecule has 1 aliphatic rings. The number of rotatable bonds is 5. The molecule has 22 heavy (non-hydrogen) atoms. The van der Waals surface area contributed by atoms with Crippen LogP contribution in [0.5, 0.6) is 5.75 Å². The van der Waals surface area contributed by atoms with Gasteiger partial charge in [-0.2, -0.15) is 0 Å². The fourth-order valence-electron chi connectivity index (χ4n) is 1.68. The molecular formula is C19H26OSiTi. The molecule has 0 aromatic heterocycles. The molecule has 0 fully saturated rings.